The van der Waals surface area contributed by atoms with Crippen LogP contribution in [0.15, 0.2) is 152 Å². The van der Waals surface area contributed by atoms with Gasteiger partial charge in [-0.1, -0.05) is 66.7 Å². The number of amides is 2. The Bertz CT molecular complexity index is 2500. The molecular formula is C44H25N5O4. The Morgan fingerprint density at radius 3 is 1.30 bits per heavy atom. The third-order valence-corrected chi connectivity index (χ3v) is 9.59. The Morgan fingerprint density at radius 2 is 0.868 bits per heavy atom. The number of carbonyl (C=O) groups excluding carboxylic acids is 2. The van der Waals surface area contributed by atoms with Crippen LogP contribution in [0.1, 0.15) is 26.3 Å². The molecular weight excluding hydrogens is 663 g/mol. The molecule has 0 saturated carbocycles. The molecule has 10 rings (SSSR count). The summed E-state index contributed by atoms with van der Waals surface area (Å²) in [6.07, 6.45) is 0. The van der Waals surface area contributed by atoms with Gasteiger partial charge >= 0.3 is 0 Å². The van der Waals surface area contributed by atoms with Crippen molar-refractivity contribution in [2.75, 3.05) is 14.7 Å². The lowest BCUT2D eigenvalue weighted by molar-refractivity contribution is 0.0925. The summed E-state index contributed by atoms with van der Waals surface area (Å²) in [5.41, 5.74) is 6.45. The molecule has 9 nitrogen and oxygen atoms in total. The molecule has 0 N–H and O–H groups in total. The lowest BCUT2D eigenvalue weighted by Gasteiger charge is -2.37. The van der Waals surface area contributed by atoms with Crippen LogP contribution in [-0.4, -0.2) is 16.8 Å². The van der Waals surface area contributed by atoms with E-state index in [2.05, 4.69) is 15.9 Å². The first kappa shape index (κ1) is 30.2. The minimum atomic E-state index is -0.500. The van der Waals surface area contributed by atoms with Crippen LogP contribution in [0.2, 0.25) is 0 Å². The van der Waals surface area contributed by atoms with Gasteiger partial charge in [-0.3, -0.25) is 9.59 Å². The van der Waals surface area contributed by atoms with Crippen molar-refractivity contribution < 1.29 is 19.1 Å². The van der Waals surface area contributed by atoms with Crippen molar-refractivity contribution in [3.8, 4) is 40.3 Å². The van der Waals surface area contributed by atoms with Gasteiger partial charge in [-0.15, -0.1) is 0 Å². The molecule has 4 heterocycles. The average Bonchev–Trinajstić information content (AvgIpc) is 3.47. The van der Waals surface area contributed by atoms with Crippen LogP contribution >= 0.6 is 0 Å². The number of anilines is 7. The summed E-state index contributed by atoms with van der Waals surface area (Å²) >= 11 is 0. The van der Waals surface area contributed by atoms with Gasteiger partial charge in [0.05, 0.1) is 62.6 Å². The predicted octanol–water partition coefficient (Wildman–Crippen LogP) is 10.6. The number of hydrogen-bond acceptors (Lipinski definition) is 8. The molecule has 0 spiro atoms. The van der Waals surface area contributed by atoms with Crippen LogP contribution in [-0.2, 0) is 0 Å². The van der Waals surface area contributed by atoms with E-state index in [1.165, 1.54) is 6.07 Å². The van der Waals surface area contributed by atoms with Gasteiger partial charge in [-0.05, 0) is 84.9 Å². The number of hydrogen-bond donors (Lipinski definition) is 0. The number of para-hydroxylation sites is 8. The van der Waals surface area contributed by atoms with Crippen LogP contribution in [0.25, 0.3) is 11.3 Å². The molecule has 0 radical (unpaired) electrons. The molecule has 0 atom stereocenters. The minimum absolute atomic E-state index is 0.0524. The van der Waals surface area contributed by atoms with Crippen molar-refractivity contribution in [1.29, 1.82) is 5.26 Å². The highest BCUT2D eigenvalue weighted by Crippen LogP contribution is 2.57. The van der Waals surface area contributed by atoms with Gasteiger partial charge in [0.1, 0.15) is 5.82 Å². The van der Waals surface area contributed by atoms with Crippen molar-refractivity contribution in [3.63, 3.8) is 0 Å². The fourth-order valence-corrected chi connectivity index (χ4v) is 7.31. The molecule has 0 fully saturated rings. The third kappa shape index (κ3) is 4.60. The largest absolute Gasteiger partial charge is 0.453 e. The smallest absolute Gasteiger partial charge is 0.267 e. The van der Waals surface area contributed by atoms with Gasteiger partial charge in [0.2, 0.25) is 0 Å². The van der Waals surface area contributed by atoms with Crippen LogP contribution in [0, 0.1) is 11.3 Å². The highest BCUT2D eigenvalue weighted by atomic mass is 16.5. The lowest BCUT2D eigenvalue weighted by atomic mass is 9.99. The molecule has 0 aliphatic carbocycles. The molecule has 6 aromatic carbocycles. The van der Waals surface area contributed by atoms with Crippen LogP contribution < -0.4 is 24.2 Å². The van der Waals surface area contributed by atoms with Crippen molar-refractivity contribution in [2.24, 2.45) is 0 Å². The first-order valence-corrected chi connectivity index (χ1v) is 16.9. The zero-order chi connectivity index (χ0) is 35.6. The maximum absolute atomic E-state index is 13.8. The van der Waals surface area contributed by atoms with E-state index in [1.807, 2.05) is 115 Å². The van der Waals surface area contributed by atoms with E-state index in [9.17, 15) is 14.9 Å². The summed E-state index contributed by atoms with van der Waals surface area (Å²) in [4.78, 5) is 37.9. The highest BCUT2D eigenvalue weighted by Gasteiger charge is 2.38. The number of fused-ring (bicyclic) bond motifs is 5. The summed E-state index contributed by atoms with van der Waals surface area (Å²) in [6.45, 7) is 0. The monoisotopic (exact) mass is 687 g/mol. The second kappa shape index (κ2) is 11.7. The summed E-state index contributed by atoms with van der Waals surface area (Å²) in [7, 11) is 0. The topological polar surface area (TPSA) is 99.0 Å². The quantitative estimate of drug-likeness (QED) is 0.169. The standard InChI is InChI=1S/C44H25N5O4/c45-26-27-24-30(46-41(25-27)49-43(50)28-12-1-2-13-29(28)44(49)51)42-35(47-31-14-3-7-20-37(31)52-38-21-8-4-15-32(38)47)18-11-19-36(42)48-33-16-5-9-22-39(33)53-40-23-10-6-17-34(40)48/h1-25H. The Labute approximate surface area is 303 Å². The van der Waals surface area contributed by atoms with E-state index >= 15 is 0 Å². The second-order valence-corrected chi connectivity index (χ2v) is 12.6. The number of carbonyl (C=O) groups is 2. The van der Waals surface area contributed by atoms with Crippen molar-refractivity contribution in [1.82, 2.24) is 4.98 Å². The first-order valence-electron chi connectivity index (χ1n) is 16.9. The number of benzene rings is 6. The molecule has 250 valence electrons. The lowest BCUT2D eigenvalue weighted by Crippen LogP contribution is -2.30. The van der Waals surface area contributed by atoms with E-state index in [0.29, 0.717) is 34.3 Å². The molecule has 53 heavy (non-hydrogen) atoms. The Kier molecular flexibility index (Phi) is 6.65. The number of pyridine rings is 1. The van der Waals surface area contributed by atoms with E-state index in [1.54, 1.807) is 30.3 Å². The summed E-state index contributed by atoms with van der Waals surface area (Å²) in [5, 5.41) is 10.4. The fourth-order valence-electron chi connectivity index (χ4n) is 7.31. The highest BCUT2D eigenvalue weighted by molar-refractivity contribution is 6.34. The first-order chi connectivity index (χ1) is 26.1. The Morgan fingerprint density at radius 1 is 0.472 bits per heavy atom. The molecule has 2 amide bonds. The molecule has 3 aliphatic heterocycles. The molecule has 0 bridgehead atoms. The van der Waals surface area contributed by atoms with Crippen molar-refractivity contribution in [3.05, 3.63) is 168 Å². The minimum Gasteiger partial charge on any atom is -0.453 e. The molecule has 0 unspecified atom stereocenters. The number of aromatic nitrogens is 1. The zero-order valence-electron chi connectivity index (χ0n) is 27.8. The third-order valence-electron chi connectivity index (χ3n) is 9.59. The van der Waals surface area contributed by atoms with E-state index in [-0.39, 0.29) is 22.5 Å². The number of nitriles is 1. The van der Waals surface area contributed by atoms with Gasteiger partial charge in [-0.25, -0.2) is 9.88 Å². The van der Waals surface area contributed by atoms with Crippen molar-refractivity contribution in [2.45, 2.75) is 0 Å². The van der Waals surface area contributed by atoms with Crippen LogP contribution in [0.5, 0.6) is 23.0 Å². The number of imide groups is 1. The molecule has 9 heteroatoms. The SMILES string of the molecule is N#Cc1cc(-c2c(N3c4ccccc4Oc4ccccc43)cccc2N2c3ccccc3Oc3ccccc32)nc(N2C(=O)c3ccccc3C2=O)c1. The molecule has 3 aliphatic rings. The number of nitrogens with zero attached hydrogens (tertiary/aromatic N) is 5. The average molecular weight is 688 g/mol. The van der Waals surface area contributed by atoms with E-state index < -0.39 is 11.8 Å². The van der Waals surface area contributed by atoms with Gasteiger partial charge in [0, 0.05) is 5.56 Å². The van der Waals surface area contributed by atoms with E-state index in [4.69, 9.17) is 14.5 Å². The fraction of sp³-hybridized carbons (Fsp3) is 0. The predicted molar refractivity (Wildman–Crippen MR) is 201 cm³/mol. The van der Waals surface area contributed by atoms with Gasteiger partial charge in [-0.2, -0.15) is 5.26 Å². The summed E-state index contributed by atoms with van der Waals surface area (Å²) in [6, 6.07) is 49.3. The van der Waals surface area contributed by atoms with Crippen LogP contribution in [0.3, 0.4) is 0 Å². The summed E-state index contributed by atoms with van der Waals surface area (Å²) in [5.74, 6) is 1.70. The number of rotatable bonds is 4. The van der Waals surface area contributed by atoms with Gasteiger partial charge in [0.25, 0.3) is 11.8 Å². The molecule has 1 aromatic heterocycles. The van der Waals surface area contributed by atoms with Gasteiger partial charge < -0.3 is 19.3 Å². The molecule has 0 saturated heterocycles. The van der Waals surface area contributed by atoms with Crippen LogP contribution in [0.4, 0.5) is 39.9 Å². The second-order valence-electron chi connectivity index (χ2n) is 12.6. The maximum atomic E-state index is 13.8. The molecule has 7 aromatic rings. The maximum Gasteiger partial charge on any atom is 0.267 e. The van der Waals surface area contributed by atoms with Crippen molar-refractivity contribution >= 4 is 51.8 Å². The number of ether oxygens (including phenoxy) is 2. The summed E-state index contributed by atoms with van der Waals surface area (Å²) < 4.78 is 12.8. The van der Waals surface area contributed by atoms with Gasteiger partial charge in [0.15, 0.2) is 23.0 Å². The Hall–Kier alpha value is -7.70. The zero-order valence-corrected chi connectivity index (χ0v) is 27.8. The Balaban J connectivity index is 1.28. The normalized spacial score (nSPS) is 13.5. The van der Waals surface area contributed by atoms with E-state index in [0.717, 1.165) is 39.0 Å².